The molecule has 0 aliphatic carbocycles. The Balaban J connectivity index is 1.66. The zero-order valence-electron chi connectivity index (χ0n) is 18.0. The van der Waals surface area contributed by atoms with Crippen molar-refractivity contribution in [3.8, 4) is 0 Å². The second-order valence-corrected chi connectivity index (χ2v) is 7.64. The number of benzene rings is 3. The maximum atomic E-state index is 13.3. The number of anilines is 2. The van der Waals surface area contributed by atoms with Gasteiger partial charge < -0.3 is 10.6 Å². The molecule has 3 aromatic carbocycles. The van der Waals surface area contributed by atoms with Crippen LogP contribution in [0.2, 0.25) is 0 Å². The van der Waals surface area contributed by atoms with Gasteiger partial charge >= 0.3 is 0 Å². The van der Waals surface area contributed by atoms with Crippen LogP contribution in [0.1, 0.15) is 18.1 Å². The van der Waals surface area contributed by atoms with Gasteiger partial charge in [0.25, 0.3) is 11.8 Å². The number of nitrogens with zero attached hydrogens (tertiary/aromatic N) is 1. The van der Waals surface area contributed by atoms with E-state index in [0.29, 0.717) is 23.4 Å². The number of halogens is 1. The molecule has 0 saturated heterocycles. The Morgan fingerprint density at radius 3 is 2.12 bits per heavy atom. The normalized spacial score (nSPS) is 13.5. The average molecular weight is 443 g/mol. The zero-order valence-corrected chi connectivity index (χ0v) is 18.0. The van der Waals surface area contributed by atoms with Crippen molar-refractivity contribution in [2.24, 2.45) is 0 Å². The van der Waals surface area contributed by atoms with Crippen LogP contribution in [0.3, 0.4) is 0 Å². The van der Waals surface area contributed by atoms with E-state index in [0.717, 1.165) is 5.56 Å². The molecular weight excluding hydrogens is 421 g/mol. The number of nitrogens with one attached hydrogen (secondary N) is 2. The fraction of sp³-hybridized carbons (Fsp3) is 0.115. The smallest absolute Gasteiger partial charge is 0.278 e. The molecule has 3 aromatic rings. The standard InChI is InChI=1S/C26H22FN3O3/c1-17(31)28-21-11-7-19(8-12-21)23-24(29-22-13-9-20(27)10-14-22)26(33)30(25(23)32)16-15-18-5-3-2-4-6-18/h2-14,29H,15-16H2,1H3,(H,28,31). The summed E-state index contributed by atoms with van der Waals surface area (Å²) in [6, 6.07) is 21.9. The highest BCUT2D eigenvalue weighted by atomic mass is 19.1. The van der Waals surface area contributed by atoms with Crippen LogP contribution in [0, 0.1) is 5.82 Å². The van der Waals surface area contributed by atoms with Gasteiger partial charge in [0.15, 0.2) is 0 Å². The molecule has 1 aliphatic rings. The van der Waals surface area contributed by atoms with E-state index in [9.17, 15) is 18.8 Å². The minimum Gasteiger partial charge on any atom is -0.350 e. The molecule has 166 valence electrons. The van der Waals surface area contributed by atoms with Gasteiger partial charge in [-0.2, -0.15) is 0 Å². The molecule has 33 heavy (non-hydrogen) atoms. The van der Waals surface area contributed by atoms with E-state index in [-0.39, 0.29) is 23.7 Å². The summed E-state index contributed by atoms with van der Waals surface area (Å²) >= 11 is 0. The summed E-state index contributed by atoms with van der Waals surface area (Å²) in [5.41, 5.74) is 2.98. The molecule has 1 heterocycles. The van der Waals surface area contributed by atoms with Crippen LogP contribution < -0.4 is 10.6 Å². The molecule has 0 saturated carbocycles. The third-order valence-corrected chi connectivity index (χ3v) is 5.24. The first-order chi connectivity index (χ1) is 15.9. The van der Waals surface area contributed by atoms with E-state index in [1.807, 2.05) is 30.3 Å². The predicted octanol–water partition coefficient (Wildman–Crippen LogP) is 4.22. The van der Waals surface area contributed by atoms with Crippen LogP contribution in [0.4, 0.5) is 15.8 Å². The first-order valence-electron chi connectivity index (χ1n) is 10.5. The largest absolute Gasteiger partial charge is 0.350 e. The molecule has 3 amide bonds. The number of hydrogen-bond donors (Lipinski definition) is 2. The van der Waals surface area contributed by atoms with Gasteiger partial charge in [-0.1, -0.05) is 42.5 Å². The molecule has 0 fully saturated rings. The molecule has 0 spiro atoms. The van der Waals surface area contributed by atoms with Gasteiger partial charge in [0.2, 0.25) is 5.91 Å². The SMILES string of the molecule is CC(=O)Nc1ccc(C2=C(Nc3ccc(F)cc3)C(=O)N(CCc3ccccc3)C2=O)cc1. The molecule has 0 unspecified atom stereocenters. The Hall–Kier alpha value is -4.26. The Bertz CT molecular complexity index is 1220. The number of rotatable bonds is 7. The number of amides is 3. The minimum atomic E-state index is -0.443. The molecule has 2 N–H and O–H groups in total. The Labute approximate surface area is 190 Å². The quantitative estimate of drug-likeness (QED) is 0.536. The van der Waals surface area contributed by atoms with E-state index in [2.05, 4.69) is 10.6 Å². The summed E-state index contributed by atoms with van der Waals surface area (Å²) in [5, 5.41) is 5.68. The van der Waals surface area contributed by atoms with Crippen LogP contribution >= 0.6 is 0 Å². The molecule has 4 rings (SSSR count). The van der Waals surface area contributed by atoms with Gasteiger partial charge in [-0.3, -0.25) is 19.3 Å². The van der Waals surface area contributed by atoms with Crippen molar-refractivity contribution in [2.45, 2.75) is 13.3 Å². The van der Waals surface area contributed by atoms with E-state index in [1.165, 1.54) is 36.1 Å². The van der Waals surface area contributed by atoms with Crippen LogP contribution in [0.15, 0.2) is 84.6 Å². The Kier molecular flexibility index (Phi) is 6.31. The summed E-state index contributed by atoms with van der Waals surface area (Å²) in [7, 11) is 0. The molecule has 0 atom stereocenters. The van der Waals surface area contributed by atoms with Crippen LogP contribution in [-0.2, 0) is 20.8 Å². The summed E-state index contributed by atoms with van der Waals surface area (Å²) in [6.07, 6.45) is 0.525. The van der Waals surface area contributed by atoms with E-state index >= 15 is 0 Å². The lowest BCUT2D eigenvalue weighted by Crippen LogP contribution is -2.34. The molecule has 1 aliphatic heterocycles. The molecule has 0 radical (unpaired) electrons. The van der Waals surface area contributed by atoms with E-state index in [1.54, 1.807) is 24.3 Å². The average Bonchev–Trinajstić information content (AvgIpc) is 3.04. The minimum absolute atomic E-state index is 0.131. The lowest BCUT2D eigenvalue weighted by Gasteiger charge is -2.15. The topological polar surface area (TPSA) is 78.5 Å². The monoisotopic (exact) mass is 443 g/mol. The van der Waals surface area contributed by atoms with Crippen molar-refractivity contribution in [3.05, 3.63) is 102 Å². The lowest BCUT2D eigenvalue weighted by atomic mass is 10.0. The van der Waals surface area contributed by atoms with Gasteiger partial charge in [-0.15, -0.1) is 0 Å². The fourth-order valence-corrected chi connectivity index (χ4v) is 3.65. The summed E-state index contributed by atoms with van der Waals surface area (Å²) in [4.78, 5) is 39.1. The molecule has 7 heteroatoms. The van der Waals surface area contributed by atoms with Crippen molar-refractivity contribution < 1.29 is 18.8 Å². The van der Waals surface area contributed by atoms with Crippen molar-refractivity contribution in [3.63, 3.8) is 0 Å². The van der Waals surface area contributed by atoms with Crippen molar-refractivity contribution in [2.75, 3.05) is 17.2 Å². The maximum absolute atomic E-state index is 13.3. The van der Waals surface area contributed by atoms with E-state index < -0.39 is 17.6 Å². The summed E-state index contributed by atoms with van der Waals surface area (Å²) < 4.78 is 13.3. The highest BCUT2D eigenvalue weighted by molar-refractivity contribution is 6.36. The Morgan fingerprint density at radius 1 is 0.848 bits per heavy atom. The molecule has 6 nitrogen and oxygen atoms in total. The van der Waals surface area contributed by atoms with Crippen molar-refractivity contribution in [1.82, 2.24) is 4.90 Å². The van der Waals surface area contributed by atoms with Gasteiger partial charge in [0.1, 0.15) is 11.5 Å². The van der Waals surface area contributed by atoms with Crippen LogP contribution in [0.5, 0.6) is 0 Å². The van der Waals surface area contributed by atoms with Gasteiger partial charge in [-0.05, 0) is 53.9 Å². The Morgan fingerprint density at radius 2 is 1.48 bits per heavy atom. The van der Waals surface area contributed by atoms with Crippen LogP contribution in [0.25, 0.3) is 5.57 Å². The molecular formula is C26H22FN3O3. The third kappa shape index (κ3) is 4.98. The predicted molar refractivity (Wildman–Crippen MR) is 125 cm³/mol. The maximum Gasteiger partial charge on any atom is 0.278 e. The van der Waals surface area contributed by atoms with Gasteiger partial charge in [-0.25, -0.2) is 4.39 Å². The fourth-order valence-electron chi connectivity index (χ4n) is 3.65. The van der Waals surface area contributed by atoms with Gasteiger partial charge in [0, 0.05) is 24.8 Å². The highest BCUT2D eigenvalue weighted by Gasteiger charge is 2.38. The summed E-state index contributed by atoms with van der Waals surface area (Å²) in [5.74, 6) is -1.46. The zero-order chi connectivity index (χ0) is 23.4. The number of hydrogen-bond acceptors (Lipinski definition) is 4. The van der Waals surface area contributed by atoms with Crippen molar-refractivity contribution >= 4 is 34.7 Å². The third-order valence-electron chi connectivity index (χ3n) is 5.24. The number of carbonyl (C=O) groups is 3. The highest BCUT2D eigenvalue weighted by Crippen LogP contribution is 2.31. The molecule has 0 bridgehead atoms. The number of carbonyl (C=O) groups excluding carboxylic acids is 3. The number of imide groups is 1. The van der Waals surface area contributed by atoms with E-state index in [4.69, 9.17) is 0 Å². The van der Waals surface area contributed by atoms with Crippen LogP contribution in [-0.4, -0.2) is 29.2 Å². The summed E-state index contributed by atoms with van der Waals surface area (Å²) in [6.45, 7) is 1.63. The first-order valence-corrected chi connectivity index (χ1v) is 10.5. The lowest BCUT2D eigenvalue weighted by molar-refractivity contribution is -0.136. The van der Waals surface area contributed by atoms with Crippen molar-refractivity contribution in [1.29, 1.82) is 0 Å². The molecule has 0 aromatic heterocycles. The van der Waals surface area contributed by atoms with Gasteiger partial charge in [0.05, 0.1) is 5.57 Å². The second kappa shape index (κ2) is 9.48. The second-order valence-electron chi connectivity index (χ2n) is 7.64. The first kappa shape index (κ1) is 22.0.